The van der Waals surface area contributed by atoms with Crippen LogP contribution >= 0.6 is 0 Å². The Kier molecular flexibility index (Phi) is 4.56. The molecule has 2 atom stereocenters. The second-order valence-electron chi connectivity index (χ2n) is 5.32. The summed E-state index contributed by atoms with van der Waals surface area (Å²) in [6.07, 6.45) is 0. The number of nitrogens with zero attached hydrogens (tertiary/aromatic N) is 1. The van der Waals surface area contributed by atoms with Crippen LogP contribution in [0, 0.1) is 11.8 Å². The van der Waals surface area contributed by atoms with Gasteiger partial charge in [0.25, 0.3) is 0 Å². The Morgan fingerprint density at radius 3 is 2.63 bits per heavy atom. The lowest BCUT2D eigenvalue weighted by Gasteiger charge is -2.17. The van der Waals surface area contributed by atoms with Gasteiger partial charge >= 0.3 is 5.97 Å². The van der Waals surface area contributed by atoms with Crippen molar-refractivity contribution < 1.29 is 14.6 Å². The minimum atomic E-state index is -0.680. The van der Waals surface area contributed by atoms with Crippen molar-refractivity contribution >= 4 is 5.97 Å². The molecule has 0 saturated carbocycles. The van der Waals surface area contributed by atoms with E-state index in [0.29, 0.717) is 13.2 Å². The highest BCUT2D eigenvalue weighted by Crippen LogP contribution is 2.25. The number of rotatable bonds is 5. The lowest BCUT2D eigenvalue weighted by molar-refractivity contribution is -0.142. The zero-order chi connectivity index (χ0) is 13.8. The van der Waals surface area contributed by atoms with Crippen LogP contribution in [0.1, 0.15) is 18.1 Å². The monoisotopic (exact) mass is 263 g/mol. The molecule has 0 aliphatic carbocycles. The molecule has 0 bridgehead atoms. The molecule has 4 nitrogen and oxygen atoms in total. The van der Waals surface area contributed by atoms with E-state index in [-0.39, 0.29) is 11.8 Å². The smallest absolute Gasteiger partial charge is 0.308 e. The molecule has 2 unspecified atom stereocenters. The molecular weight excluding hydrogens is 242 g/mol. The third-order valence-electron chi connectivity index (χ3n) is 3.82. The number of benzene rings is 1. The summed E-state index contributed by atoms with van der Waals surface area (Å²) in [4.78, 5) is 13.4. The number of aliphatic carboxylic acids is 1. The molecule has 1 aliphatic rings. The van der Waals surface area contributed by atoms with E-state index < -0.39 is 5.97 Å². The van der Waals surface area contributed by atoms with Crippen LogP contribution in [0.4, 0.5) is 0 Å². The van der Waals surface area contributed by atoms with Crippen molar-refractivity contribution in [2.45, 2.75) is 20.1 Å². The Hall–Kier alpha value is -1.39. The van der Waals surface area contributed by atoms with Gasteiger partial charge in [-0.1, -0.05) is 31.2 Å². The van der Waals surface area contributed by atoms with Crippen molar-refractivity contribution in [2.75, 3.05) is 20.2 Å². The van der Waals surface area contributed by atoms with Gasteiger partial charge in [0.15, 0.2) is 0 Å². The maximum atomic E-state index is 11.1. The molecule has 1 fully saturated rings. The van der Waals surface area contributed by atoms with Crippen LogP contribution in [-0.4, -0.2) is 36.2 Å². The topological polar surface area (TPSA) is 49.8 Å². The summed E-state index contributed by atoms with van der Waals surface area (Å²) < 4.78 is 5.20. The standard InChI is InChI=1S/C15H21NO3/c1-11-7-16(9-14(11)15(17)18)8-12-5-3-4-6-13(12)10-19-2/h3-6,11,14H,7-10H2,1-2H3,(H,17,18). The Balaban J connectivity index is 2.04. The summed E-state index contributed by atoms with van der Waals surface area (Å²) in [5.41, 5.74) is 2.40. The number of hydrogen-bond acceptors (Lipinski definition) is 3. The van der Waals surface area contributed by atoms with E-state index in [0.717, 1.165) is 13.1 Å². The largest absolute Gasteiger partial charge is 0.481 e. The Labute approximate surface area is 114 Å². The van der Waals surface area contributed by atoms with Crippen LogP contribution in [-0.2, 0) is 22.7 Å². The molecule has 1 heterocycles. The van der Waals surface area contributed by atoms with Gasteiger partial charge in [0, 0.05) is 26.7 Å². The second kappa shape index (κ2) is 6.17. The van der Waals surface area contributed by atoms with E-state index in [4.69, 9.17) is 9.84 Å². The quantitative estimate of drug-likeness (QED) is 0.882. The zero-order valence-corrected chi connectivity index (χ0v) is 11.5. The summed E-state index contributed by atoms with van der Waals surface area (Å²) in [7, 11) is 1.69. The minimum Gasteiger partial charge on any atom is -0.481 e. The van der Waals surface area contributed by atoms with Crippen LogP contribution in [0.3, 0.4) is 0 Å². The number of ether oxygens (including phenoxy) is 1. The van der Waals surface area contributed by atoms with Crippen LogP contribution < -0.4 is 0 Å². The number of carbonyl (C=O) groups is 1. The van der Waals surface area contributed by atoms with Gasteiger partial charge in [-0.05, 0) is 17.0 Å². The van der Waals surface area contributed by atoms with Gasteiger partial charge in [-0.15, -0.1) is 0 Å². The highest BCUT2D eigenvalue weighted by Gasteiger charge is 2.34. The molecule has 1 aromatic rings. The van der Waals surface area contributed by atoms with Crippen LogP contribution in [0.5, 0.6) is 0 Å². The van der Waals surface area contributed by atoms with E-state index in [1.807, 2.05) is 19.1 Å². The predicted octanol–water partition coefficient (Wildman–Crippen LogP) is 1.99. The number of methoxy groups -OCH3 is 1. The van der Waals surface area contributed by atoms with Crippen molar-refractivity contribution in [1.29, 1.82) is 0 Å². The van der Waals surface area contributed by atoms with Crippen LogP contribution in [0.15, 0.2) is 24.3 Å². The lowest BCUT2D eigenvalue weighted by Crippen LogP contribution is -2.23. The maximum Gasteiger partial charge on any atom is 0.308 e. The van der Waals surface area contributed by atoms with Gasteiger partial charge in [-0.2, -0.15) is 0 Å². The molecule has 104 valence electrons. The molecule has 4 heteroatoms. The minimum absolute atomic E-state index is 0.215. The number of carboxylic acids is 1. The lowest BCUT2D eigenvalue weighted by atomic mass is 9.99. The van der Waals surface area contributed by atoms with Gasteiger partial charge in [0.2, 0.25) is 0 Å². The van der Waals surface area contributed by atoms with E-state index in [9.17, 15) is 4.79 Å². The van der Waals surface area contributed by atoms with Gasteiger partial charge < -0.3 is 9.84 Å². The average molecular weight is 263 g/mol. The summed E-state index contributed by atoms with van der Waals surface area (Å²) in [5.74, 6) is -0.707. The Morgan fingerprint density at radius 2 is 2.05 bits per heavy atom. The molecule has 0 amide bonds. The van der Waals surface area contributed by atoms with Crippen molar-refractivity contribution in [3.63, 3.8) is 0 Å². The van der Waals surface area contributed by atoms with E-state index in [2.05, 4.69) is 17.0 Å². The molecule has 2 rings (SSSR count). The molecule has 0 radical (unpaired) electrons. The zero-order valence-electron chi connectivity index (χ0n) is 11.5. The maximum absolute atomic E-state index is 11.1. The number of likely N-dealkylation sites (tertiary alicyclic amines) is 1. The van der Waals surface area contributed by atoms with E-state index >= 15 is 0 Å². The van der Waals surface area contributed by atoms with E-state index in [1.54, 1.807) is 7.11 Å². The summed E-state index contributed by atoms with van der Waals surface area (Å²) >= 11 is 0. The van der Waals surface area contributed by atoms with Gasteiger partial charge in [0.05, 0.1) is 12.5 Å². The third-order valence-corrected chi connectivity index (χ3v) is 3.82. The van der Waals surface area contributed by atoms with Crippen LogP contribution in [0.2, 0.25) is 0 Å². The first kappa shape index (κ1) is 14.0. The van der Waals surface area contributed by atoms with Crippen molar-refractivity contribution in [3.05, 3.63) is 35.4 Å². The summed E-state index contributed by atoms with van der Waals surface area (Å²) in [5, 5.41) is 9.16. The molecule has 1 saturated heterocycles. The SMILES string of the molecule is COCc1ccccc1CN1CC(C)C(C(=O)O)C1. The molecule has 1 N–H and O–H groups in total. The normalized spacial score (nSPS) is 23.7. The molecule has 1 aliphatic heterocycles. The fraction of sp³-hybridized carbons (Fsp3) is 0.533. The van der Waals surface area contributed by atoms with Gasteiger partial charge in [0.1, 0.15) is 0 Å². The highest BCUT2D eigenvalue weighted by atomic mass is 16.5. The molecular formula is C15H21NO3. The number of hydrogen-bond donors (Lipinski definition) is 1. The first-order valence-corrected chi connectivity index (χ1v) is 6.62. The fourth-order valence-electron chi connectivity index (χ4n) is 2.77. The molecule has 0 aromatic heterocycles. The van der Waals surface area contributed by atoms with E-state index in [1.165, 1.54) is 11.1 Å². The summed E-state index contributed by atoms with van der Waals surface area (Å²) in [6, 6.07) is 8.17. The predicted molar refractivity (Wildman–Crippen MR) is 72.7 cm³/mol. The average Bonchev–Trinajstić information content (AvgIpc) is 2.73. The second-order valence-corrected chi connectivity index (χ2v) is 5.32. The Bertz CT molecular complexity index is 447. The van der Waals surface area contributed by atoms with Crippen molar-refractivity contribution in [2.24, 2.45) is 11.8 Å². The summed E-state index contributed by atoms with van der Waals surface area (Å²) in [6.45, 7) is 4.89. The van der Waals surface area contributed by atoms with Gasteiger partial charge in [-0.25, -0.2) is 0 Å². The van der Waals surface area contributed by atoms with Crippen molar-refractivity contribution in [1.82, 2.24) is 4.90 Å². The first-order chi connectivity index (χ1) is 9.11. The Morgan fingerprint density at radius 1 is 1.37 bits per heavy atom. The third kappa shape index (κ3) is 3.33. The molecule has 19 heavy (non-hydrogen) atoms. The fourth-order valence-corrected chi connectivity index (χ4v) is 2.77. The highest BCUT2D eigenvalue weighted by molar-refractivity contribution is 5.71. The van der Waals surface area contributed by atoms with Gasteiger partial charge in [-0.3, -0.25) is 9.69 Å². The first-order valence-electron chi connectivity index (χ1n) is 6.62. The molecule has 0 spiro atoms. The molecule has 1 aromatic carbocycles. The van der Waals surface area contributed by atoms with Crippen molar-refractivity contribution in [3.8, 4) is 0 Å². The van der Waals surface area contributed by atoms with Crippen LogP contribution in [0.25, 0.3) is 0 Å². The number of carboxylic acid groups (broad SMARTS) is 1.